The summed E-state index contributed by atoms with van der Waals surface area (Å²) in [5.74, 6) is 1.72. The van der Waals surface area contributed by atoms with Gasteiger partial charge < -0.3 is 15.0 Å². The predicted octanol–water partition coefficient (Wildman–Crippen LogP) is 4.06. The van der Waals surface area contributed by atoms with Gasteiger partial charge in [-0.05, 0) is 43.0 Å². The highest BCUT2D eigenvalue weighted by Crippen LogP contribution is 2.35. The summed E-state index contributed by atoms with van der Waals surface area (Å²) in [5, 5.41) is 4.69. The molecule has 0 unspecified atom stereocenters. The van der Waals surface area contributed by atoms with E-state index in [-0.39, 0.29) is 11.7 Å². The van der Waals surface area contributed by atoms with Gasteiger partial charge >= 0.3 is 0 Å². The van der Waals surface area contributed by atoms with E-state index >= 15 is 0 Å². The molecule has 0 spiro atoms. The standard InChI is InChI=1S/C20H23N5O2S2/c1-13-7-9-25(10-8-13)20-24-18-17(29-20)19(22-12-21-18)28-11-16(26)23-14-3-5-15(27-2)6-4-14/h3-6,12-13H,7-11H2,1-2H3,(H,23,26). The minimum atomic E-state index is -0.0818. The molecule has 1 N–H and O–H groups in total. The van der Waals surface area contributed by atoms with Crippen LogP contribution in [0.15, 0.2) is 35.6 Å². The Kier molecular flexibility index (Phi) is 6.15. The first-order valence-corrected chi connectivity index (χ1v) is 11.4. The van der Waals surface area contributed by atoms with Crippen LogP contribution in [0, 0.1) is 5.92 Å². The Morgan fingerprint density at radius 1 is 1.28 bits per heavy atom. The second kappa shape index (κ2) is 8.96. The molecule has 1 saturated heterocycles. The molecule has 4 rings (SSSR count). The lowest BCUT2D eigenvalue weighted by atomic mass is 10.00. The summed E-state index contributed by atoms with van der Waals surface area (Å²) in [6.45, 7) is 4.36. The van der Waals surface area contributed by atoms with E-state index in [4.69, 9.17) is 9.72 Å². The number of hydrogen-bond donors (Lipinski definition) is 1. The number of anilines is 2. The van der Waals surface area contributed by atoms with E-state index in [1.807, 2.05) is 24.3 Å². The minimum absolute atomic E-state index is 0.0818. The normalized spacial score (nSPS) is 14.9. The smallest absolute Gasteiger partial charge is 0.234 e. The van der Waals surface area contributed by atoms with Gasteiger partial charge in [0.2, 0.25) is 5.91 Å². The van der Waals surface area contributed by atoms with E-state index < -0.39 is 0 Å². The van der Waals surface area contributed by atoms with Crippen molar-refractivity contribution in [3.63, 3.8) is 0 Å². The lowest BCUT2D eigenvalue weighted by Crippen LogP contribution is -2.32. The average Bonchev–Trinajstić information content (AvgIpc) is 3.18. The van der Waals surface area contributed by atoms with E-state index in [1.54, 1.807) is 18.4 Å². The van der Waals surface area contributed by atoms with Crippen LogP contribution in [0.4, 0.5) is 10.8 Å². The van der Waals surface area contributed by atoms with Gasteiger partial charge in [0.25, 0.3) is 0 Å². The molecule has 152 valence electrons. The largest absolute Gasteiger partial charge is 0.497 e. The number of ether oxygens (including phenoxy) is 1. The zero-order valence-electron chi connectivity index (χ0n) is 16.4. The molecule has 1 aromatic carbocycles. The lowest BCUT2D eigenvalue weighted by molar-refractivity contribution is -0.113. The fourth-order valence-corrected chi connectivity index (χ4v) is 5.11. The molecule has 29 heavy (non-hydrogen) atoms. The van der Waals surface area contributed by atoms with Crippen LogP contribution in [0.25, 0.3) is 10.3 Å². The summed E-state index contributed by atoms with van der Waals surface area (Å²) in [4.78, 5) is 28.1. The molecular formula is C20H23N5O2S2. The van der Waals surface area contributed by atoms with Crippen molar-refractivity contribution >= 4 is 50.2 Å². The Labute approximate surface area is 177 Å². The van der Waals surface area contributed by atoms with Crippen molar-refractivity contribution in [3.05, 3.63) is 30.6 Å². The number of thiazole rings is 1. The van der Waals surface area contributed by atoms with Crippen molar-refractivity contribution in [2.24, 2.45) is 5.92 Å². The van der Waals surface area contributed by atoms with Crippen molar-refractivity contribution < 1.29 is 9.53 Å². The third-order valence-electron chi connectivity index (χ3n) is 4.92. The summed E-state index contributed by atoms with van der Waals surface area (Å²) >= 11 is 3.02. The summed E-state index contributed by atoms with van der Waals surface area (Å²) in [6.07, 6.45) is 3.90. The molecule has 1 fully saturated rings. The number of amides is 1. The van der Waals surface area contributed by atoms with Crippen LogP contribution >= 0.6 is 23.1 Å². The molecule has 0 aliphatic carbocycles. The molecule has 1 amide bonds. The van der Waals surface area contributed by atoms with Crippen molar-refractivity contribution in [3.8, 4) is 5.75 Å². The maximum atomic E-state index is 12.3. The molecule has 1 aliphatic rings. The maximum Gasteiger partial charge on any atom is 0.234 e. The number of carbonyl (C=O) groups is 1. The quantitative estimate of drug-likeness (QED) is 0.467. The second-order valence-electron chi connectivity index (χ2n) is 7.06. The molecule has 0 atom stereocenters. The predicted molar refractivity (Wildman–Crippen MR) is 118 cm³/mol. The van der Waals surface area contributed by atoms with Gasteiger partial charge in [-0.2, -0.15) is 4.98 Å². The zero-order chi connectivity index (χ0) is 20.2. The number of rotatable bonds is 6. The van der Waals surface area contributed by atoms with Gasteiger partial charge in [0, 0.05) is 18.8 Å². The van der Waals surface area contributed by atoms with Crippen molar-refractivity contribution in [2.45, 2.75) is 24.8 Å². The molecule has 7 nitrogen and oxygen atoms in total. The number of piperidine rings is 1. The molecule has 0 bridgehead atoms. The minimum Gasteiger partial charge on any atom is -0.497 e. The zero-order valence-corrected chi connectivity index (χ0v) is 18.1. The Hall–Kier alpha value is -2.39. The summed E-state index contributed by atoms with van der Waals surface area (Å²) < 4.78 is 6.08. The third kappa shape index (κ3) is 4.79. The first-order valence-electron chi connectivity index (χ1n) is 9.55. The van der Waals surface area contributed by atoms with Crippen LogP contribution in [-0.2, 0) is 4.79 Å². The van der Waals surface area contributed by atoms with Crippen LogP contribution < -0.4 is 15.0 Å². The summed E-state index contributed by atoms with van der Waals surface area (Å²) in [7, 11) is 1.61. The topological polar surface area (TPSA) is 80.2 Å². The van der Waals surface area contributed by atoms with E-state index in [1.165, 1.54) is 30.9 Å². The number of nitrogens with zero attached hydrogens (tertiary/aromatic N) is 4. The van der Waals surface area contributed by atoms with Gasteiger partial charge in [-0.1, -0.05) is 30.0 Å². The number of fused-ring (bicyclic) bond motifs is 1. The Bertz CT molecular complexity index is 984. The van der Waals surface area contributed by atoms with Crippen LogP contribution in [0.5, 0.6) is 5.75 Å². The van der Waals surface area contributed by atoms with Crippen LogP contribution in [-0.4, -0.2) is 46.8 Å². The number of methoxy groups -OCH3 is 1. The van der Waals surface area contributed by atoms with Gasteiger partial charge in [-0.3, -0.25) is 4.79 Å². The van der Waals surface area contributed by atoms with E-state index in [9.17, 15) is 4.79 Å². The number of thioether (sulfide) groups is 1. The van der Waals surface area contributed by atoms with Crippen LogP contribution in [0.1, 0.15) is 19.8 Å². The van der Waals surface area contributed by atoms with Crippen molar-refractivity contribution in [1.82, 2.24) is 15.0 Å². The monoisotopic (exact) mass is 429 g/mol. The molecule has 3 aromatic rings. The van der Waals surface area contributed by atoms with E-state index in [0.29, 0.717) is 5.65 Å². The number of nitrogens with one attached hydrogen (secondary N) is 1. The molecule has 9 heteroatoms. The molecule has 0 saturated carbocycles. The van der Waals surface area contributed by atoms with Gasteiger partial charge in [-0.15, -0.1) is 0 Å². The van der Waals surface area contributed by atoms with Crippen LogP contribution in [0.2, 0.25) is 0 Å². The number of aromatic nitrogens is 3. The first-order chi connectivity index (χ1) is 14.1. The lowest BCUT2D eigenvalue weighted by Gasteiger charge is -2.29. The maximum absolute atomic E-state index is 12.3. The summed E-state index contributed by atoms with van der Waals surface area (Å²) in [6, 6.07) is 7.27. The number of benzene rings is 1. The second-order valence-corrected chi connectivity index (χ2v) is 9.00. The highest BCUT2D eigenvalue weighted by molar-refractivity contribution is 8.00. The van der Waals surface area contributed by atoms with Gasteiger partial charge in [0.1, 0.15) is 21.8 Å². The van der Waals surface area contributed by atoms with E-state index in [0.717, 1.165) is 45.3 Å². The Morgan fingerprint density at radius 3 is 2.76 bits per heavy atom. The Balaban J connectivity index is 1.41. The first kappa shape index (κ1) is 19.9. The van der Waals surface area contributed by atoms with Crippen LogP contribution in [0.3, 0.4) is 0 Å². The average molecular weight is 430 g/mol. The number of carbonyl (C=O) groups excluding carboxylic acids is 1. The number of hydrogen-bond acceptors (Lipinski definition) is 8. The highest BCUT2D eigenvalue weighted by Gasteiger charge is 2.20. The molecule has 0 radical (unpaired) electrons. The molecular weight excluding hydrogens is 406 g/mol. The van der Waals surface area contributed by atoms with Gasteiger partial charge in [-0.25, -0.2) is 9.97 Å². The molecule has 2 aromatic heterocycles. The fraction of sp³-hybridized carbons (Fsp3) is 0.400. The van der Waals surface area contributed by atoms with Crippen molar-refractivity contribution in [1.29, 1.82) is 0 Å². The molecule has 3 heterocycles. The SMILES string of the molecule is COc1ccc(NC(=O)CSc2ncnc3nc(N4CCC(C)CC4)sc23)cc1. The van der Waals surface area contributed by atoms with Crippen molar-refractivity contribution in [2.75, 3.05) is 36.2 Å². The van der Waals surface area contributed by atoms with Gasteiger partial charge in [0.15, 0.2) is 10.8 Å². The third-order valence-corrected chi connectivity index (χ3v) is 7.15. The summed E-state index contributed by atoms with van der Waals surface area (Å²) in [5.41, 5.74) is 1.44. The fourth-order valence-electron chi connectivity index (χ4n) is 3.17. The van der Waals surface area contributed by atoms with Gasteiger partial charge in [0.05, 0.1) is 12.9 Å². The van der Waals surface area contributed by atoms with E-state index in [2.05, 4.69) is 27.1 Å². The molecule has 1 aliphatic heterocycles. The Morgan fingerprint density at radius 2 is 2.03 bits per heavy atom. The highest BCUT2D eigenvalue weighted by atomic mass is 32.2.